The van der Waals surface area contributed by atoms with Crippen LogP contribution < -0.4 is 20.1 Å². The molecule has 24 heavy (non-hydrogen) atoms. The zero-order valence-electron chi connectivity index (χ0n) is 15.0. The van der Waals surface area contributed by atoms with Crippen molar-refractivity contribution in [2.75, 3.05) is 26.1 Å². The predicted molar refractivity (Wildman–Crippen MR) is 94.5 cm³/mol. The summed E-state index contributed by atoms with van der Waals surface area (Å²) < 4.78 is 10.3. The average molecular weight is 336 g/mol. The van der Waals surface area contributed by atoms with Gasteiger partial charge in [-0.05, 0) is 24.5 Å². The summed E-state index contributed by atoms with van der Waals surface area (Å²) in [6.07, 6.45) is 4.28. The Bertz CT molecular complexity index is 546. The van der Waals surface area contributed by atoms with Crippen molar-refractivity contribution in [3.8, 4) is 11.5 Å². The van der Waals surface area contributed by atoms with Gasteiger partial charge in [-0.1, -0.05) is 33.1 Å². The van der Waals surface area contributed by atoms with Gasteiger partial charge in [0, 0.05) is 12.6 Å². The Labute approximate surface area is 143 Å². The number of ether oxygens (including phenoxy) is 2. The number of hydrogen-bond donors (Lipinski definition) is 2. The van der Waals surface area contributed by atoms with Gasteiger partial charge in [-0.3, -0.25) is 9.59 Å². The third-order valence-corrected chi connectivity index (χ3v) is 3.96. The molecule has 0 unspecified atom stereocenters. The van der Waals surface area contributed by atoms with Crippen LogP contribution in [0.5, 0.6) is 11.5 Å². The second kappa shape index (κ2) is 10.5. The minimum Gasteiger partial charge on any atom is -0.497 e. The highest BCUT2D eigenvalue weighted by atomic mass is 16.5. The third kappa shape index (κ3) is 6.10. The van der Waals surface area contributed by atoms with E-state index in [9.17, 15) is 9.59 Å². The van der Waals surface area contributed by atoms with E-state index in [4.69, 9.17) is 9.47 Å². The maximum Gasteiger partial charge on any atom is 0.313 e. The third-order valence-electron chi connectivity index (χ3n) is 3.96. The molecule has 134 valence electrons. The average Bonchev–Trinajstić information content (AvgIpc) is 2.61. The van der Waals surface area contributed by atoms with Crippen molar-refractivity contribution in [3.63, 3.8) is 0 Å². The molecule has 1 rings (SSSR count). The lowest BCUT2D eigenvalue weighted by molar-refractivity contribution is -0.136. The normalized spacial score (nSPS) is 11.5. The molecule has 0 aliphatic carbocycles. The summed E-state index contributed by atoms with van der Waals surface area (Å²) >= 11 is 0. The lowest BCUT2D eigenvalue weighted by Crippen LogP contribution is -2.38. The smallest absolute Gasteiger partial charge is 0.313 e. The summed E-state index contributed by atoms with van der Waals surface area (Å²) in [5, 5.41) is 5.27. The number of hydrogen-bond acceptors (Lipinski definition) is 4. The van der Waals surface area contributed by atoms with Gasteiger partial charge in [-0.15, -0.1) is 0 Å². The number of amides is 2. The van der Waals surface area contributed by atoms with Crippen LogP contribution >= 0.6 is 0 Å². The Morgan fingerprint density at radius 3 is 2.46 bits per heavy atom. The van der Waals surface area contributed by atoms with Crippen molar-refractivity contribution >= 4 is 17.5 Å². The standard InChI is InChI=1S/C18H28N2O4/c1-5-7-8-13(6-2)12-19-17(21)18(22)20-15-11-14(23-3)9-10-16(15)24-4/h9-11,13H,5-8,12H2,1-4H3,(H,19,21)(H,20,22)/t13-/m0/s1. The molecule has 0 aliphatic rings. The Morgan fingerprint density at radius 1 is 1.12 bits per heavy atom. The fraction of sp³-hybridized carbons (Fsp3) is 0.556. The van der Waals surface area contributed by atoms with Crippen LogP contribution in [0.15, 0.2) is 18.2 Å². The van der Waals surface area contributed by atoms with E-state index in [1.807, 2.05) is 0 Å². The maximum absolute atomic E-state index is 12.1. The van der Waals surface area contributed by atoms with Crippen LogP contribution in [-0.2, 0) is 9.59 Å². The van der Waals surface area contributed by atoms with Gasteiger partial charge in [-0.2, -0.15) is 0 Å². The summed E-state index contributed by atoms with van der Waals surface area (Å²) in [6, 6.07) is 5.00. The van der Waals surface area contributed by atoms with Crippen molar-refractivity contribution in [3.05, 3.63) is 18.2 Å². The molecule has 0 radical (unpaired) electrons. The van der Waals surface area contributed by atoms with E-state index in [-0.39, 0.29) is 0 Å². The zero-order valence-corrected chi connectivity index (χ0v) is 15.0. The van der Waals surface area contributed by atoms with Gasteiger partial charge in [0.15, 0.2) is 0 Å². The molecule has 0 aromatic heterocycles. The van der Waals surface area contributed by atoms with Crippen LogP contribution in [0, 0.1) is 5.92 Å². The molecule has 6 nitrogen and oxygen atoms in total. The van der Waals surface area contributed by atoms with Crippen LogP contribution in [0.25, 0.3) is 0 Å². The number of benzene rings is 1. The van der Waals surface area contributed by atoms with Crippen molar-refractivity contribution in [2.24, 2.45) is 5.92 Å². The molecule has 0 aliphatic heterocycles. The first-order chi connectivity index (χ1) is 11.5. The van der Waals surface area contributed by atoms with Crippen LogP contribution in [-0.4, -0.2) is 32.6 Å². The lowest BCUT2D eigenvalue weighted by Gasteiger charge is -2.15. The molecule has 1 aromatic carbocycles. The Kier molecular flexibility index (Phi) is 8.68. The fourth-order valence-corrected chi connectivity index (χ4v) is 2.35. The fourth-order valence-electron chi connectivity index (χ4n) is 2.35. The molecular formula is C18H28N2O4. The molecule has 0 saturated carbocycles. The number of anilines is 1. The van der Waals surface area contributed by atoms with E-state index < -0.39 is 11.8 Å². The highest BCUT2D eigenvalue weighted by Crippen LogP contribution is 2.28. The van der Waals surface area contributed by atoms with Gasteiger partial charge in [0.1, 0.15) is 11.5 Å². The molecule has 1 atom stereocenters. The molecule has 0 spiro atoms. The van der Waals surface area contributed by atoms with Crippen molar-refractivity contribution in [2.45, 2.75) is 39.5 Å². The Morgan fingerprint density at radius 2 is 1.88 bits per heavy atom. The summed E-state index contributed by atoms with van der Waals surface area (Å²) in [5.41, 5.74) is 0.398. The van der Waals surface area contributed by atoms with E-state index in [0.29, 0.717) is 29.6 Å². The van der Waals surface area contributed by atoms with E-state index in [1.165, 1.54) is 14.2 Å². The van der Waals surface area contributed by atoms with Gasteiger partial charge in [0.25, 0.3) is 0 Å². The van der Waals surface area contributed by atoms with Gasteiger partial charge >= 0.3 is 11.8 Å². The van der Waals surface area contributed by atoms with Crippen LogP contribution in [0.3, 0.4) is 0 Å². The molecule has 6 heteroatoms. The minimum absolute atomic E-state index is 0.396. The Hall–Kier alpha value is -2.24. The van der Waals surface area contributed by atoms with Crippen molar-refractivity contribution < 1.29 is 19.1 Å². The van der Waals surface area contributed by atoms with Gasteiger partial charge < -0.3 is 20.1 Å². The van der Waals surface area contributed by atoms with E-state index in [0.717, 1.165) is 25.7 Å². The summed E-state index contributed by atoms with van der Waals surface area (Å²) in [5.74, 6) is 0.0678. The highest BCUT2D eigenvalue weighted by molar-refractivity contribution is 6.39. The van der Waals surface area contributed by atoms with E-state index >= 15 is 0 Å². The first-order valence-corrected chi connectivity index (χ1v) is 8.36. The molecule has 1 aromatic rings. The molecular weight excluding hydrogens is 308 g/mol. The second-order valence-electron chi connectivity index (χ2n) is 5.65. The van der Waals surface area contributed by atoms with E-state index in [2.05, 4.69) is 24.5 Å². The van der Waals surface area contributed by atoms with Gasteiger partial charge in [-0.25, -0.2) is 0 Å². The summed E-state index contributed by atoms with van der Waals surface area (Å²) in [6.45, 7) is 4.74. The number of nitrogens with one attached hydrogen (secondary N) is 2. The zero-order chi connectivity index (χ0) is 17.9. The minimum atomic E-state index is -0.716. The summed E-state index contributed by atoms with van der Waals surface area (Å²) in [7, 11) is 3.03. The number of methoxy groups -OCH3 is 2. The molecule has 2 N–H and O–H groups in total. The molecule has 0 fully saturated rings. The molecule has 0 saturated heterocycles. The van der Waals surface area contributed by atoms with Crippen LogP contribution in [0.2, 0.25) is 0 Å². The SMILES string of the molecule is CCCC[C@H](CC)CNC(=O)C(=O)Nc1cc(OC)ccc1OC. The first kappa shape index (κ1) is 19.8. The Balaban J connectivity index is 2.62. The molecule has 0 bridgehead atoms. The summed E-state index contributed by atoms with van der Waals surface area (Å²) in [4.78, 5) is 24.1. The molecule has 0 heterocycles. The topological polar surface area (TPSA) is 76.7 Å². The maximum atomic E-state index is 12.1. The van der Waals surface area contributed by atoms with Gasteiger partial charge in [0.2, 0.25) is 0 Å². The largest absolute Gasteiger partial charge is 0.497 e. The quantitative estimate of drug-likeness (QED) is 0.680. The van der Waals surface area contributed by atoms with E-state index in [1.54, 1.807) is 18.2 Å². The number of carbonyl (C=O) groups is 2. The van der Waals surface area contributed by atoms with Crippen molar-refractivity contribution in [1.29, 1.82) is 0 Å². The highest BCUT2D eigenvalue weighted by Gasteiger charge is 2.17. The first-order valence-electron chi connectivity index (χ1n) is 8.36. The number of unbranched alkanes of at least 4 members (excludes halogenated alkanes) is 1. The lowest BCUT2D eigenvalue weighted by atomic mass is 9.99. The monoisotopic (exact) mass is 336 g/mol. The van der Waals surface area contributed by atoms with Crippen molar-refractivity contribution in [1.82, 2.24) is 5.32 Å². The van der Waals surface area contributed by atoms with Gasteiger partial charge in [0.05, 0.1) is 19.9 Å². The van der Waals surface area contributed by atoms with Crippen LogP contribution in [0.4, 0.5) is 5.69 Å². The predicted octanol–water partition coefficient (Wildman–Crippen LogP) is 2.97. The second-order valence-corrected chi connectivity index (χ2v) is 5.65. The molecule has 2 amide bonds. The number of rotatable bonds is 9. The number of carbonyl (C=O) groups excluding carboxylic acids is 2. The van der Waals surface area contributed by atoms with Crippen LogP contribution in [0.1, 0.15) is 39.5 Å².